The summed E-state index contributed by atoms with van der Waals surface area (Å²) in [7, 11) is 0. The van der Waals surface area contributed by atoms with Crippen LogP contribution in [0.2, 0.25) is 0 Å². The molecule has 1 heterocycles. The molecule has 0 spiro atoms. The second-order valence-corrected chi connectivity index (χ2v) is 5.47. The Morgan fingerprint density at radius 3 is 2.50 bits per heavy atom. The van der Waals surface area contributed by atoms with Crippen molar-refractivity contribution in [3.8, 4) is 0 Å². The normalized spacial score (nSPS) is 13.3. The van der Waals surface area contributed by atoms with E-state index in [4.69, 9.17) is 0 Å². The van der Waals surface area contributed by atoms with Crippen LogP contribution in [0.3, 0.4) is 0 Å². The monoisotopic (exact) mass is 329 g/mol. The van der Waals surface area contributed by atoms with Gasteiger partial charge in [-0.3, -0.25) is 30.0 Å². The number of aromatic amines is 1. The van der Waals surface area contributed by atoms with Crippen LogP contribution in [0.5, 0.6) is 0 Å². The molecule has 24 heavy (non-hydrogen) atoms. The van der Waals surface area contributed by atoms with Crippen molar-refractivity contribution < 1.29 is 14.4 Å². The molecule has 4 N–H and O–H groups in total. The summed E-state index contributed by atoms with van der Waals surface area (Å²) in [6, 6.07) is 6.80. The van der Waals surface area contributed by atoms with Crippen LogP contribution in [-0.4, -0.2) is 34.0 Å². The van der Waals surface area contributed by atoms with Gasteiger partial charge >= 0.3 is 11.8 Å². The Balaban J connectivity index is 1.61. The Bertz CT molecular complexity index is 872. The molecule has 0 unspecified atom stereocenters. The molecule has 1 aromatic carbocycles. The lowest BCUT2D eigenvalue weighted by molar-refractivity contribution is -0.140. The van der Waals surface area contributed by atoms with E-state index in [2.05, 4.69) is 20.9 Å². The number of rotatable bonds is 3. The van der Waals surface area contributed by atoms with Gasteiger partial charge in [0.15, 0.2) is 0 Å². The van der Waals surface area contributed by atoms with Crippen molar-refractivity contribution >= 4 is 28.5 Å². The maximum atomic E-state index is 11.9. The van der Waals surface area contributed by atoms with E-state index in [9.17, 15) is 19.2 Å². The molecule has 0 bridgehead atoms. The molecule has 9 nitrogen and oxygen atoms in total. The van der Waals surface area contributed by atoms with E-state index in [0.717, 1.165) is 12.8 Å². The maximum absolute atomic E-state index is 11.9. The van der Waals surface area contributed by atoms with Crippen molar-refractivity contribution in [2.75, 3.05) is 0 Å². The summed E-state index contributed by atoms with van der Waals surface area (Å²) >= 11 is 0. The fraction of sp³-hybridized carbons (Fsp3) is 0.267. The minimum atomic E-state index is -0.936. The van der Waals surface area contributed by atoms with Gasteiger partial charge in [0.25, 0.3) is 5.56 Å². The van der Waals surface area contributed by atoms with E-state index < -0.39 is 17.7 Å². The van der Waals surface area contributed by atoms with Gasteiger partial charge in [-0.25, -0.2) is 5.10 Å². The zero-order valence-corrected chi connectivity index (χ0v) is 12.6. The number of carbonyl (C=O) groups excluding carboxylic acids is 3. The average Bonchev–Trinajstić information content (AvgIpc) is 3.39. The van der Waals surface area contributed by atoms with E-state index in [1.165, 1.54) is 0 Å². The third kappa shape index (κ3) is 3.57. The molecule has 0 aliphatic heterocycles. The molecule has 0 atom stereocenters. The second kappa shape index (κ2) is 6.49. The SMILES string of the molecule is O=C(Cc1n[nH]c(=O)c2ccccc12)NNC(=O)C(=O)NC1CC1. The first-order valence-corrected chi connectivity index (χ1v) is 7.40. The Kier molecular flexibility index (Phi) is 4.23. The van der Waals surface area contributed by atoms with Crippen LogP contribution in [0, 0.1) is 0 Å². The molecular formula is C15H15N5O4. The lowest BCUT2D eigenvalue weighted by Crippen LogP contribution is -2.49. The number of nitrogens with zero attached hydrogens (tertiary/aromatic N) is 1. The molecule has 1 saturated carbocycles. The first-order valence-electron chi connectivity index (χ1n) is 7.40. The molecular weight excluding hydrogens is 314 g/mol. The zero-order valence-electron chi connectivity index (χ0n) is 12.6. The van der Waals surface area contributed by atoms with Crippen molar-refractivity contribution in [3.63, 3.8) is 0 Å². The van der Waals surface area contributed by atoms with Crippen molar-refractivity contribution in [2.24, 2.45) is 0 Å². The summed E-state index contributed by atoms with van der Waals surface area (Å²) in [5.41, 5.74) is 4.21. The fourth-order valence-electron chi connectivity index (χ4n) is 2.16. The van der Waals surface area contributed by atoms with Gasteiger partial charge in [-0.1, -0.05) is 18.2 Å². The van der Waals surface area contributed by atoms with E-state index >= 15 is 0 Å². The highest BCUT2D eigenvalue weighted by atomic mass is 16.2. The largest absolute Gasteiger partial charge is 0.345 e. The standard InChI is InChI=1S/C15H15N5O4/c21-12(18-20-15(24)14(23)16-8-5-6-8)7-11-9-3-1-2-4-10(9)13(22)19-17-11/h1-4,8H,5-7H2,(H,16,23)(H,18,21)(H,19,22)(H,20,24). The van der Waals surface area contributed by atoms with E-state index in [0.29, 0.717) is 16.5 Å². The molecule has 124 valence electrons. The van der Waals surface area contributed by atoms with Gasteiger partial charge in [0.1, 0.15) is 0 Å². The molecule has 1 aromatic heterocycles. The molecule has 1 aliphatic rings. The summed E-state index contributed by atoms with van der Waals surface area (Å²) in [4.78, 5) is 46.6. The average molecular weight is 329 g/mol. The van der Waals surface area contributed by atoms with Crippen molar-refractivity contribution in [3.05, 3.63) is 40.3 Å². The van der Waals surface area contributed by atoms with Crippen molar-refractivity contribution in [1.82, 2.24) is 26.4 Å². The summed E-state index contributed by atoms with van der Waals surface area (Å²) in [5, 5.41) is 9.66. The van der Waals surface area contributed by atoms with Crippen molar-refractivity contribution in [1.29, 1.82) is 0 Å². The summed E-state index contributed by atoms with van der Waals surface area (Å²) < 4.78 is 0. The highest BCUT2D eigenvalue weighted by Gasteiger charge is 2.26. The number of benzene rings is 1. The lowest BCUT2D eigenvalue weighted by atomic mass is 10.1. The smallest absolute Gasteiger partial charge is 0.327 e. The number of hydrogen-bond donors (Lipinski definition) is 4. The molecule has 9 heteroatoms. The predicted octanol–water partition coefficient (Wildman–Crippen LogP) is -1.11. The molecule has 2 aromatic rings. The predicted molar refractivity (Wildman–Crippen MR) is 83.5 cm³/mol. The van der Waals surface area contributed by atoms with Gasteiger partial charge in [0, 0.05) is 11.4 Å². The summed E-state index contributed by atoms with van der Waals surface area (Å²) in [5.74, 6) is -2.28. The van der Waals surface area contributed by atoms with Gasteiger partial charge < -0.3 is 5.32 Å². The van der Waals surface area contributed by atoms with Gasteiger partial charge in [0.2, 0.25) is 5.91 Å². The second-order valence-electron chi connectivity index (χ2n) is 5.47. The number of hydrazine groups is 1. The summed E-state index contributed by atoms with van der Waals surface area (Å²) in [6.07, 6.45) is 1.55. The first-order chi connectivity index (χ1) is 11.5. The van der Waals surface area contributed by atoms with E-state index in [1.807, 2.05) is 5.43 Å². The highest BCUT2D eigenvalue weighted by molar-refractivity contribution is 6.35. The fourth-order valence-corrected chi connectivity index (χ4v) is 2.16. The molecule has 0 radical (unpaired) electrons. The van der Waals surface area contributed by atoms with E-state index in [-0.39, 0.29) is 18.0 Å². The number of H-pyrrole nitrogens is 1. The van der Waals surface area contributed by atoms with Gasteiger partial charge in [-0.2, -0.15) is 5.10 Å². The number of carbonyl (C=O) groups is 3. The molecule has 3 amide bonds. The Morgan fingerprint density at radius 1 is 1.08 bits per heavy atom. The maximum Gasteiger partial charge on any atom is 0.327 e. The third-order valence-electron chi connectivity index (χ3n) is 3.54. The molecule has 1 fully saturated rings. The minimum Gasteiger partial charge on any atom is -0.345 e. The number of amides is 3. The van der Waals surface area contributed by atoms with Crippen LogP contribution in [-0.2, 0) is 20.8 Å². The van der Waals surface area contributed by atoms with Gasteiger partial charge in [-0.15, -0.1) is 0 Å². The first kappa shape index (κ1) is 15.7. The van der Waals surface area contributed by atoms with Gasteiger partial charge in [-0.05, 0) is 18.9 Å². The number of hydrogen-bond acceptors (Lipinski definition) is 5. The highest BCUT2D eigenvalue weighted by Crippen LogP contribution is 2.18. The lowest BCUT2D eigenvalue weighted by Gasteiger charge is -2.08. The molecule has 0 saturated heterocycles. The van der Waals surface area contributed by atoms with Crippen LogP contribution in [0.1, 0.15) is 18.5 Å². The number of fused-ring (bicyclic) bond motifs is 1. The minimum absolute atomic E-state index is 0.0515. The van der Waals surface area contributed by atoms with Crippen LogP contribution in [0.25, 0.3) is 10.8 Å². The van der Waals surface area contributed by atoms with Crippen LogP contribution in [0.4, 0.5) is 0 Å². The molecule has 1 aliphatic carbocycles. The Morgan fingerprint density at radius 2 is 1.79 bits per heavy atom. The van der Waals surface area contributed by atoms with Gasteiger partial charge in [0.05, 0.1) is 17.5 Å². The zero-order chi connectivity index (χ0) is 17.1. The molecule has 3 rings (SSSR count). The van der Waals surface area contributed by atoms with Crippen LogP contribution >= 0.6 is 0 Å². The van der Waals surface area contributed by atoms with Crippen LogP contribution in [0.15, 0.2) is 29.1 Å². The number of nitrogens with one attached hydrogen (secondary N) is 4. The third-order valence-corrected chi connectivity index (χ3v) is 3.54. The van der Waals surface area contributed by atoms with Crippen molar-refractivity contribution in [2.45, 2.75) is 25.3 Å². The summed E-state index contributed by atoms with van der Waals surface area (Å²) in [6.45, 7) is 0. The topological polar surface area (TPSA) is 133 Å². The quantitative estimate of drug-likeness (QED) is 0.419. The number of aromatic nitrogens is 2. The Labute approximate surface area is 135 Å². The Hall–Kier alpha value is -3.23. The van der Waals surface area contributed by atoms with Crippen LogP contribution < -0.4 is 21.7 Å². The van der Waals surface area contributed by atoms with E-state index in [1.54, 1.807) is 24.3 Å².